The van der Waals surface area contributed by atoms with E-state index in [1.54, 1.807) is 12.3 Å². The number of piperidine rings is 1. The molecule has 25 heavy (non-hydrogen) atoms. The standard InChI is InChI=1S/C19H20N4O2/c24-18-16(12-14-6-1-2-8-17(14)21-18)19(25)23-11-4-3-7-15(23)13-22-10-5-9-20-22/h1-2,5-6,8-10,12,15H,3-4,7,11,13H2,(H,21,24). The summed E-state index contributed by atoms with van der Waals surface area (Å²) in [5, 5.41) is 5.11. The molecule has 3 heterocycles. The number of hydrogen-bond acceptors (Lipinski definition) is 3. The van der Waals surface area contributed by atoms with Gasteiger partial charge in [-0.3, -0.25) is 14.3 Å². The number of benzene rings is 1. The van der Waals surface area contributed by atoms with Gasteiger partial charge in [0.1, 0.15) is 5.56 Å². The predicted molar refractivity (Wildman–Crippen MR) is 95.5 cm³/mol. The van der Waals surface area contributed by atoms with Crippen molar-refractivity contribution in [3.05, 3.63) is 64.7 Å². The number of rotatable bonds is 3. The van der Waals surface area contributed by atoms with Crippen molar-refractivity contribution < 1.29 is 4.79 Å². The summed E-state index contributed by atoms with van der Waals surface area (Å²) in [5.41, 5.74) is 0.633. The molecule has 128 valence electrons. The van der Waals surface area contributed by atoms with Crippen molar-refractivity contribution >= 4 is 16.8 Å². The Bertz CT molecular complexity index is 945. The van der Waals surface area contributed by atoms with E-state index >= 15 is 0 Å². The van der Waals surface area contributed by atoms with Gasteiger partial charge in [-0.25, -0.2) is 0 Å². The van der Waals surface area contributed by atoms with Crippen LogP contribution in [0.15, 0.2) is 53.6 Å². The fourth-order valence-corrected chi connectivity index (χ4v) is 3.54. The number of H-pyrrole nitrogens is 1. The lowest BCUT2D eigenvalue weighted by molar-refractivity contribution is 0.0582. The fourth-order valence-electron chi connectivity index (χ4n) is 3.54. The molecular weight excluding hydrogens is 316 g/mol. The first-order valence-electron chi connectivity index (χ1n) is 8.63. The summed E-state index contributed by atoms with van der Waals surface area (Å²) in [6.07, 6.45) is 6.62. The van der Waals surface area contributed by atoms with Crippen LogP contribution in [0.3, 0.4) is 0 Å². The molecule has 6 nitrogen and oxygen atoms in total. The number of fused-ring (bicyclic) bond motifs is 1. The van der Waals surface area contributed by atoms with E-state index in [9.17, 15) is 9.59 Å². The van der Waals surface area contributed by atoms with Gasteiger partial charge in [-0.15, -0.1) is 0 Å². The molecule has 1 unspecified atom stereocenters. The van der Waals surface area contributed by atoms with Crippen LogP contribution in [0.1, 0.15) is 29.6 Å². The van der Waals surface area contributed by atoms with E-state index in [0.717, 1.165) is 30.2 Å². The molecule has 0 saturated carbocycles. The van der Waals surface area contributed by atoms with Crippen LogP contribution in [0, 0.1) is 0 Å². The number of hydrogen-bond donors (Lipinski definition) is 1. The molecule has 1 aromatic carbocycles. The van der Waals surface area contributed by atoms with Crippen LogP contribution < -0.4 is 5.56 Å². The highest BCUT2D eigenvalue weighted by Crippen LogP contribution is 2.21. The van der Waals surface area contributed by atoms with Crippen molar-refractivity contribution in [1.29, 1.82) is 0 Å². The molecule has 1 N–H and O–H groups in total. The van der Waals surface area contributed by atoms with E-state index in [2.05, 4.69) is 10.1 Å². The number of nitrogens with one attached hydrogen (secondary N) is 1. The molecule has 1 fully saturated rings. The van der Waals surface area contributed by atoms with Crippen LogP contribution in [0.25, 0.3) is 10.9 Å². The van der Waals surface area contributed by atoms with Gasteiger partial charge >= 0.3 is 0 Å². The summed E-state index contributed by atoms with van der Waals surface area (Å²) in [4.78, 5) is 30.2. The summed E-state index contributed by atoms with van der Waals surface area (Å²) in [7, 11) is 0. The number of carbonyl (C=O) groups is 1. The molecule has 3 aromatic rings. The molecule has 1 aliphatic rings. The van der Waals surface area contributed by atoms with Gasteiger partial charge in [-0.2, -0.15) is 5.10 Å². The van der Waals surface area contributed by atoms with Crippen molar-refractivity contribution in [3.8, 4) is 0 Å². The van der Waals surface area contributed by atoms with Gasteiger partial charge in [0.15, 0.2) is 0 Å². The molecule has 4 rings (SSSR count). The fraction of sp³-hybridized carbons (Fsp3) is 0.316. The first-order chi connectivity index (χ1) is 12.2. The van der Waals surface area contributed by atoms with Crippen molar-refractivity contribution in [2.75, 3.05) is 6.54 Å². The van der Waals surface area contributed by atoms with Gasteiger partial charge in [0, 0.05) is 24.5 Å². The number of aromatic nitrogens is 3. The Morgan fingerprint density at radius 1 is 1.24 bits per heavy atom. The highest BCUT2D eigenvalue weighted by Gasteiger charge is 2.29. The van der Waals surface area contributed by atoms with Crippen molar-refractivity contribution in [2.24, 2.45) is 0 Å². The zero-order chi connectivity index (χ0) is 17.2. The normalized spacial score (nSPS) is 17.8. The third-order valence-corrected chi connectivity index (χ3v) is 4.83. The zero-order valence-electron chi connectivity index (χ0n) is 13.9. The Morgan fingerprint density at radius 3 is 2.96 bits per heavy atom. The van der Waals surface area contributed by atoms with Gasteiger partial charge in [-0.1, -0.05) is 18.2 Å². The van der Waals surface area contributed by atoms with E-state index in [1.807, 2.05) is 46.1 Å². The monoisotopic (exact) mass is 336 g/mol. The summed E-state index contributed by atoms with van der Waals surface area (Å²) in [5.74, 6) is -0.191. The highest BCUT2D eigenvalue weighted by atomic mass is 16.2. The number of pyridine rings is 1. The topological polar surface area (TPSA) is 71.0 Å². The van der Waals surface area contributed by atoms with Gasteiger partial charge in [0.25, 0.3) is 11.5 Å². The minimum Gasteiger partial charge on any atom is -0.334 e. The quantitative estimate of drug-likeness (QED) is 0.798. The highest BCUT2D eigenvalue weighted by molar-refractivity contribution is 5.97. The SMILES string of the molecule is O=C(c1cc2ccccc2[nH]c1=O)N1CCCCC1Cn1cccn1. The van der Waals surface area contributed by atoms with Crippen LogP contribution in [-0.4, -0.2) is 38.2 Å². The molecule has 0 bridgehead atoms. The van der Waals surface area contributed by atoms with Crippen LogP contribution in [0.4, 0.5) is 0 Å². The second kappa shape index (κ2) is 6.55. The summed E-state index contributed by atoms with van der Waals surface area (Å²) >= 11 is 0. The zero-order valence-corrected chi connectivity index (χ0v) is 13.9. The smallest absolute Gasteiger partial charge is 0.261 e. The van der Waals surface area contributed by atoms with E-state index in [-0.39, 0.29) is 23.1 Å². The molecule has 0 radical (unpaired) electrons. The molecule has 0 spiro atoms. The van der Waals surface area contributed by atoms with Gasteiger partial charge in [0.2, 0.25) is 0 Å². The Labute approximate surface area is 145 Å². The third-order valence-electron chi connectivity index (χ3n) is 4.83. The van der Waals surface area contributed by atoms with Crippen LogP contribution in [-0.2, 0) is 6.54 Å². The average molecular weight is 336 g/mol. The second-order valence-electron chi connectivity index (χ2n) is 6.48. The number of amides is 1. The van der Waals surface area contributed by atoms with Crippen molar-refractivity contribution in [1.82, 2.24) is 19.7 Å². The first kappa shape index (κ1) is 15.6. The largest absolute Gasteiger partial charge is 0.334 e. The average Bonchev–Trinajstić information content (AvgIpc) is 3.14. The maximum Gasteiger partial charge on any atom is 0.261 e. The van der Waals surface area contributed by atoms with Crippen LogP contribution in [0.2, 0.25) is 0 Å². The maximum absolute atomic E-state index is 13.1. The molecular formula is C19H20N4O2. The number of nitrogens with zero attached hydrogens (tertiary/aromatic N) is 3. The lowest BCUT2D eigenvalue weighted by Gasteiger charge is -2.35. The molecule has 1 saturated heterocycles. The van der Waals surface area contributed by atoms with Gasteiger partial charge in [-0.05, 0) is 42.8 Å². The van der Waals surface area contributed by atoms with E-state index < -0.39 is 0 Å². The molecule has 6 heteroatoms. The summed E-state index contributed by atoms with van der Waals surface area (Å²) in [6.45, 7) is 1.33. The molecule has 1 aliphatic heterocycles. The van der Waals surface area contributed by atoms with Crippen molar-refractivity contribution in [3.63, 3.8) is 0 Å². The Kier molecular flexibility index (Phi) is 4.09. The Morgan fingerprint density at radius 2 is 2.12 bits per heavy atom. The van der Waals surface area contributed by atoms with E-state index in [1.165, 1.54) is 0 Å². The molecule has 1 amide bonds. The number of likely N-dealkylation sites (tertiary alicyclic amines) is 1. The molecule has 0 aliphatic carbocycles. The summed E-state index contributed by atoms with van der Waals surface area (Å²) in [6, 6.07) is 11.2. The van der Waals surface area contributed by atoms with Crippen LogP contribution >= 0.6 is 0 Å². The van der Waals surface area contributed by atoms with Crippen LogP contribution in [0.5, 0.6) is 0 Å². The molecule has 2 aromatic heterocycles. The third kappa shape index (κ3) is 3.07. The Hall–Kier alpha value is -2.89. The van der Waals surface area contributed by atoms with E-state index in [0.29, 0.717) is 13.1 Å². The maximum atomic E-state index is 13.1. The lowest BCUT2D eigenvalue weighted by atomic mass is 10.0. The molecule has 1 atom stereocenters. The van der Waals surface area contributed by atoms with Crippen molar-refractivity contribution in [2.45, 2.75) is 31.8 Å². The van der Waals surface area contributed by atoms with Gasteiger partial charge < -0.3 is 9.88 Å². The lowest BCUT2D eigenvalue weighted by Crippen LogP contribution is -2.47. The van der Waals surface area contributed by atoms with Gasteiger partial charge in [0.05, 0.1) is 12.6 Å². The van der Waals surface area contributed by atoms with E-state index in [4.69, 9.17) is 0 Å². The Balaban J connectivity index is 1.66. The second-order valence-corrected chi connectivity index (χ2v) is 6.48. The first-order valence-corrected chi connectivity index (χ1v) is 8.63. The number of aromatic amines is 1. The minimum atomic E-state index is -0.327. The summed E-state index contributed by atoms with van der Waals surface area (Å²) < 4.78 is 1.85. The number of carbonyl (C=O) groups excluding carboxylic acids is 1. The predicted octanol–water partition coefficient (Wildman–Crippen LogP) is 2.42. The number of para-hydroxylation sites is 1. The minimum absolute atomic E-state index is 0.0621.